The maximum absolute atomic E-state index is 6.59. The molecule has 0 N–H and O–H groups in total. The third kappa shape index (κ3) is 4.07. The predicted molar refractivity (Wildman–Crippen MR) is 194 cm³/mol. The molecule has 0 aliphatic rings. The molecule has 0 radical (unpaired) electrons. The molecule has 0 saturated carbocycles. The number of aromatic nitrogens is 1. The first kappa shape index (κ1) is 26.0. The van der Waals surface area contributed by atoms with E-state index in [9.17, 15) is 0 Å². The molecule has 47 heavy (non-hydrogen) atoms. The maximum Gasteiger partial charge on any atom is 0.161 e. The number of rotatable bonds is 4. The van der Waals surface area contributed by atoms with E-state index in [2.05, 4.69) is 162 Å². The molecule has 0 amide bonds. The number of furan rings is 2. The van der Waals surface area contributed by atoms with E-state index < -0.39 is 0 Å². The molecule has 3 heteroatoms. The maximum atomic E-state index is 6.59. The smallest absolute Gasteiger partial charge is 0.161 e. The summed E-state index contributed by atoms with van der Waals surface area (Å²) in [5.74, 6) is 0. The van der Waals surface area contributed by atoms with Gasteiger partial charge in [0, 0.05) is 27.2 Å². The molecule has 0 spiro atoms. The molecule has 3 heterocycles. The lowest BCUT2D eigenvalue weighted by molar-refractivity contribution is 0.669. The quantitative estimate of drug-likeness (QED) is 0.201. The lowest BCUT2D eigenvalue weighted by atomic mass is 9.99. The topological polar surface area (TPSA) is 31.2 Å². The number of benzene rings is 7. The lowest BCUT2D eigenvalue weighted by Crippen LogP contribution is -1.92. The number of fused-ring (bicyclic) bond motifs is 8. The Hall–Kier alpha value is -6.32. The van der Waals surface area contributed by atoms with Gasteiger partial charge < -0.3 is 13.4 Å². The molecule has 0 fully saturated rings. The van der Waals surface area contributed by atoms with Crippen molar-refractivity contribution < 1.29 is 8.83 Å². The van der Waals surface area contributed by atoms with Crippen molar-refractivity contribution in [3.8, 4) is 39.1 Å². The van der Waals surface area contributed by atoms with Crippen molar-refractivity contribution in [2.24, 2.45) is 0 Å². The zero-order valence-electron chi connectivity index (χ0n) is 25.4. The van der Waals surface area contributed by atoms with Crippen LogP contribution in [0.25, 0.3) is 94.0 Å². The van der Waals surface area contributed by atoms with Gasteiger partial charge in [-0.15, -0.1) is 0 Å². The molecule has 10 aromatic rings. The van der Waals surface area contributed by atoms with E-state index in [1.807, 2.05) is 6.07 Å². The Morgan fingerprint density at radius 3 is 1.43 bits per heavy atom. The van der Waals surface area contributed by atoms with Crippen molar-refractivity contribution in [2.45, 2.75) is 0 Å². The highest BCUT2D eigenvalue weighted by Gasteiger charge is 2.19. The average Bonchev–Trinajstić information content (AvgIpc) is 3.80. The van der Waals surface area contributed by atoms with Gasteiger partial charge in [-0.2, -0.15) is 0 Å². The molecule has 7 aromatic carbocycles. The van der Waals surface area contributed by atoms with Gasteiger partial charge in [0.2, 0.25) is 0 Å². The van der Waals surface area contributed by atoms with E-state index in [-0.39, 0.29) is 0 Å². The molecule has 0 aliphatic carbocycles. The van der Waals surface area contributed by atoms with Gasteiger partial charge in [-0.25, -0.2) is 0 Å². The van der Waals surface area contributed by atoms with Crippen LogP contribution in [0.1, 0.15) is 0 Å². The fourth-order valence-corrected chi connectivity index (χ4v) is 7.12. The van der Waals surface area contributed by atoms with E-state index in [0.29, 0.717) is 0 Å². The monoisotopic (exact) mass is 601 g/mol. The van der Waals surface area contributed by atoms with Crippen molar-refractivity contribution in [1.29, 1.82) is 0 Å². The zero-order chi connectivity index (χ0) is 30.9. The SMILES string of the molecule is c1ccc(-c2ccc3c(c2)oc2cc(-c4ccc(-c5ccc6c(c5)oc5c7ccccc7n(-c7ccccc7)c65)cc4)ccc23)cc1. The lowest BCUT2D eigenvalue weighted by Gasteiger charge is -2.08. The van der Waals surface area contributed by atoms with Crippen LogP contribution in [0.4, 0.5) is 0 Å². The molecule has 0 saturated heterocycles. The second-order valence-electron chi connectivity index (χ2n) is 12.1. The van der Waals surface area contributed by atoms with Crippen LogP contribution in [0.3, 0.4) is 0 Å². The van der Waals surface area contributed by atoms with Crippen molar-refractivity contribution in [1.82, 2.24) is 4.57 Å². The van der Waals surface area contributed by atoms with Gasteiger partial charge in [-0.1, -0.05) is 103 Å². The van der Waals surface area contributed by atoms with Crippen LogP contribution in [0.5, 0.6) is 0 Å². The van der Waals surface area contributed by atoms with Crippen molar-refractivity contribution >= 4 is 54.9 Å². The Balaban J connectivity index is 1.01. The second-order valence-corrected chi connectivity index (χ2v) is 12.1. The zero-order valence-corrected chi connectivity index (χ0v) is 25.4. The summed E-state index contributed by atoms with van der Waals surface area (Å²) in [5, 5.41) is 4.49. The first-order chi connectivity index (χ1) is 23.3. The molecular weight excluding hydrogens is 574 g/mol. The number of hydrogen-bond donors (Lipinski definition) is 0. The summed E-state index contributed by atoms with van der Waals surface area (Å²) < 4.78 is 15.3. The highest BCUT2D eigenvalue weighted by atomic mass is 16.3. The Kier molecular flexibility index (Phi) is 5.57. The highest BCUT2D eigenvalue weighted by Crippen LogP contribution is 2.40. The minimum Gasteiger partial charge on any atom is -0.456 e. The van der Waals surface area contributed by atoms with Gasteiger partial charge in [0.1, 0.15) is 22.3 Å². The summed E-state index contributed by atoms with van der Waals surface area (Å²) >= 11 is 0. The van der Waals surface area contributed by atoms with Crippen molar-refractivity contribution in [3.63, 3.8) is 0 Å². The van der Waals surface area contributed by atoms with Crippen LogP contribution in [0, 0.1) is 0 Å². The third-order valence-corrected chi connectivity index (χ3v) is 9.42. The molecule has 0 atom stereocenters. The third-order valence-electron chi connectivity index (χ3n) is 9.42. The first-order valence-electron chi connectivity index (χ1n) is 15.9. The molecule has 3 aromatic heterocycles. The van der Waals surface area contributed by atoms with Gasteiger partial charge in [0.25, 0.3) is 0 Å². The molecule has 3 nitrogen and oxygen atoms in total. The minimum atomic E-state index is 0.887. The first-order valence-corrected chi connectivity index (χ1v) is 15.9. The van der Waals surface area contributed by atoms with Crippen LogP contribution in [0.2, 0.25) is 0 Å². The van der Waals surface area contributed by atoms with Gasteiger partial charge in [0.05, 0.1) is 5.52 Å². The van der Waals surface area contributed by atoms with Gasteiger partial charge >= 0.3 is 0 Å². The summed E-state index contributed by atoms with van der Waals surface area (Å²) in [6.45, 7) is 0. The average molecular weight is 602 g/mol. The van der Waals surface area contributed by atoms with Gasteiger partial charge in [-0.3, -0.25) is 0 Å². The fraction of sp³-hybridized carbons (Fsp3) is 0. The van der Waals surface area contributed by atoms with Gasteiger partial charge in [0.15, 0.2) is 5.58 Å². The van der Waals surface area contributed by atoms with E-state index in [4.69, 9.17) is 8.83 Å². The Morgan fingerprint density at radius 1 is 0.340 bits per heavy atom. The van der Waals surface area contributed by atoms with E-state index >= 15 is 0 Å². The molecule has 220 valence electrons. The minimum absolute atomic E-state index is 0.887. The number of nitrogens with zero attached hydrogens (tertiary/aromatic N) is 1. The largest absolute Gasteiger partial charge is 0.456 e. The molecule has 0 unspecified atom stereocenters. The molecule has 0 aliphatic heterocycles. The van der Waals surface area contributed by atoms with Gasteiger partial charge in [-0.05, 0) is 94.0 Å². The normalized spacial score (nSPS) is 11.8. The van der Waals surface area contributed by atoms with Crippen LogP contribution < -0.4 is 0 Å². The van der Waals surface area contributed by atoms with E-state index in [1.165, 1.54) is 5.56 Å². The Morgan fingerprint density at radius 2 is 0.809 bits per heavy atom. The highest BCUT2D eigenvalue weighted by molar-refractivity contribution is 6.17. The standard InChI is InChI=1S/C44H27NO2/c1-3-9-28(10-4-1)31-19-22-35-36-23-20-32(26-41(36)46-40(35)25-31)29-15-17-30(18-16-29)33-21-24-38-42(27-33)47-44-37-13-7-8-14-39(37)45(43(38)44)34-11-5-2-6-12-34/h1-27H. The Labute approximate surface area is 270 Å². The summed E-state index contributed by atoms with van der Waals surface area (Å²) in [4.78, 5) is 0. The second kappa shape index (κ2) is 10.1. The number of para-hydroxylation sites is 2. The molecular formula is C44H27NO2. The molecule has 0 bridgehead atoms. The van der Waals surface area contributed by atoms with Crippen LogP contribution in [0.15, 0.2) is 173 Å². The Bertz CT molecular complexity index is 2760. The van der Waals surface area contributed by atoms with Crippen molar-refractivity contribution in [3.05, 3.63) is 164 Å². The fourth-order valence-electron chi connectivity index (χ4n) is 7.12. The summed E-state index contributed by atoms with van der Waals surface area (Å²) in [6, 6.07) is 57.7. The number of hydrogen-bond acceptors (Lipinski definition) is 2. The predicted octanol–water partition coefficient (Wildman–Crippen LogP) is 12.4. The summed E-state index contributed by atoms with van der Waals surface area (Å²) in [7, 11) is 0. The van der Waals surface area contributed by atoms with E-state index in [1.54, 1.807) is 0 Å². The van der Waals surface area contributed by atoms with Crippen LogP contribution >= 0.6 is 0 Å². The molecule has 10 rings (SSSR count). The summed E-state index contributed by atoms with van der Waals surface area (Å²) in [5.41, 5.74) is 13.9. The van der Waals surface area contributed by atoms with Crippen molar-refractivity contribution in [2.75, 3.05) is 0 Å². The van der Waals surface area contributed by atoms with Crippen LogP contribution in [-0.2, 0) is 0 Å². The van der Waals surface area contributed by atoms with E-state index in [0.717, 1.165) is 88.4 Å². The summed E-state index contributed by atoms with van der Waals surface area (Å²) in [6.07, 6.45) is 0. The van der Waals surface area contributed by atoms with Crippen LogP contribution in [-0.4, -0.2) is 4.57 Å².